The Bertz CT molecular complexity index is 1220. The molecule has 0 radical (unpaired) electrons. The predicted molar refractivity (Wildman–Crippen MR) is 171 cm³/mol. The molecule has 1 spiro atoms. The lowest BCUT2D eigenvalue weighted by molar-refractivity contribution is -0.155. The SMILES string of the molecule is C=CCN(CCCCC)C(=O)C1N([C@@H](CO)C(C)C)C(=O)[C@@H]2[C@@H](C(=O)N(CC=C)c3ccc(OCC)cc3)[C@@]3(C)CCC12O3. The molecule has 1 N–H and O–H groups in total. The van der Waals surface area contributed by atoms with Crippen molar-refractivity contribution in [1.82, 2.24) is 9.80 Å². The summed E-state index contributed by atoms with van der Waals surface area (Å²) in [4.78, 5) is 48.9. The van der Waals surface area contributed by atoms with Crippen molar-refractivity contribution in [1.29, 1.82) is 0 Å². The zero-order valence-corrected chi connectivity index (χ0v) is 27.2. The summed E-state index contributed by atoms with van der Waals surface area (Å²) in [6.07, 6.45) is 7.21. The molecule has 3 amide bonds. The van der Waals surface area contributed by atoms with Crippen molar-refractivity contribution in [2.45, 2.75) is 90.0 Å². The number of benzene rings is 1. The van der Waals surface area contributed by atoms with Gasteiger partial charge in [-0.25, -0.2) is 0 Å². The van der Waals surface area contributed by atoms with Crippen molar-refractivity contribution in [3.8, 4) is 5.75 Å². The van der Waals surface area contributed by atoms with E-state index in [0.717, 1.165) is 19.3 Å². The van der Waals surface area contributed by atoms with E-state index in [0.29, 0.717) is 44.0 Å². The lowest BCUT2D eigenvalue weighted by Gasteiger charge is -2.40. The molecule has 3 aliphatic rings. The third-order valence-corrected chi connectivity index (χ3v) is 9.76. The van der Waals surface area contributed by atoms with Gasteiger partial charge in [-0.15, -0.1) is 13.2 Å². The minimum atomic E-state index is -1.17. The molecular formula is C35H51N3O6. The van der Waals surface area contributed by atoms with Crippen molar-refractivity contribution in [2.75, 3.05) is 37.7 Å². The summed E-state index contributed by atoms with van der Waals surface area (Å²) >= 11 is 0. The lowest BCUT2D eigenvalue weighted by Crippen LogP contribution is -2.59. The first-order chi connectivity index (χ1) is 21.0. The third-order valence-electron chi connectivity index (χ3n) is 9.76. The second kappa shape index (κ2) is 13.9. The van der Waals surface area contributed by atoms with E-state index in [1.165, 1.54) is 0 Å². The van der Waals surface area contributed by atoms with Gasteiger partial charge in [-0.2, -0.15) is 0 Å². The maximum atomic E-state index is 14.7. The van der Waals surface area contributed by atoms with E-state index in [1.54, 1.807) is 26.9 Å². The van der Waals surface area contributed by atoms with Crippen molar-refractivity contribution >= 4 is 23.4 Å². The zero-order valence-electron chi connectivity index (χ0n) is 27.2. The number of carbonyl (C=O) groups excluding carboxylic acids is 3. The average Bonchev–Trinajstić information content (AvgIpc) is 3.56. The van der Waals surface area contributed by atoms with Crippen LogP contribution in [0.2, 0.25) is 0 Å². The highest BCUT2D eigenvalue weighted by Crippen LogP contribution is 2.64. The van der Waals surface area contributed by atoms with Gasteiger partial charge in [0, 0.05) is 25.3 Å². The number of fused-ring (bicyclic) bond motifs is 1. The highest BCUT2D eigenvalue weighted by Gasteiger charge is 2.79. The molecule has 3 saturated heterocycles. The number of ether oxygens (including phenoxy) is 2. The van der Waals surface area contributed by atoms with Gasteiger partial charge >= 0.3 is 0 Å². The number of hydrogen-bond donors (Lipinski definition) is 1. The fraction of sp³-hybridized carbons (Fsp3) is 0.629. The number of aliphatic hydroxyl groups is 1. The number of hydrogen-bond acceptors (Lipinski definition) is 6. The van der Waals surface area contributed by atoms with Gasteiger partial charge in [-0.1, -0.05) is 45.8 Å². The van der Waals surface area contributed by atoms with Crippen molar-refractivity contribution in [3.63, 3.8) is 0 Å². The number of anilines is 1. The molecule has 6 atom stereocenters. The van der Waals surface area contributed by atoms with Crippen LogP contribution in [0, 0.1) is 17.8 Å². The fourth-order valence-corrected chi connectivity index (χ4v) is 7.68. The van der Waals surface area contributed by atoms with Crippen LogP contribution >= 0.6 is 0 Å². The summed E-state index contributed by atoms with van der Waals surface area (Å²) < 4.78 is 12.5. The Hall–Kier alpha value is -3.17. The first-order valence-corrected chi connectivity index (χ1v) is 16.2. The largest absolute Gasteiger partial charge is 0.494 e. The van der Waals surface area contributed by atoms with E-state index in [9.17, 15) is 19.5 Å². The molecule has 1 aromatic carbocycles. The van der Waals surface area contributed by atoms with Crippen LogP contribution in [-0.2, 0) is 19.1 Å². The Kier molecular flexibility index (Phi) is 10.6. The lowest BCUT2D eigenvalue weighted by atomic mass is 9.66. The van der Waals surface area contributed by atoms with Gasteiger partial charge in [0.2, 0.25) is 17.7 Å². The van der Waals surface area contributed by atoms with Gasteiger partial charge in [-0.05, 0) is 63.3 Å². The summed E-state index contributed by atoms with van der Waals surface area (Å²) in [7, 11) is 0. The van der Waals surface area contributed by atoms with Crippen molar-refractivity contribution in [3.05, 3.63) is 49.6 Å². The topological polar surface area (TPSA) is 99.6 Å². The van der Waals surface area contributed by atoms with Crippen LogP contribution in [0.25, 0.3) is 0 Å². The van der Waals surface area contributed by atoms with Crippen LogP contribution in [0.3, 0.4) is 0 Å². The zero-order chi connectivity index (χ0) is 32.2. The first-order valence-electron chi connectivity index (χ1n) is 16.2. The number of aliphatic hydroxyl groups excluding tert-OH is 1. The van der Waals surface area contributed by atoms with Gasteiger partial charge < -0.3 is 29.3 Å². The molecule has 2 unspecified atom stereocenters. The maximum Gasteiger partial charge on any atom is 0.248 e. The summed E-state index contributed by atoms with van der Waals surface area (Å²) in [5, 5.41) is 10.5. The van der Waals surface area contributed by atoms with Gasteiger partial charge in [0.15, 0.2) is 0 Å². The summed E-state index contributed by atoms with van der Waals surface area (Å²) in [6.45, 7) is 18.9. The molecule has 4 rings (SSSR count). The average molecular weight is 610 g/mol. The van der Waals surface area contributed by atoms with E-state index >= 15 is 0 Å². The molecule has 3 fully saturated rings. The van der Waals surface area contributed by atoms with Crippen LogP contribution in [0.4, 0.5) is 5.69 Å². The van der Waals surface area contributed by atoms with E-state index in [1.807, 2.05) is 52.0 Å². The fourth-order valence-electron chi connectivity index (χ4n) is 7.68. The molecule has 3 heterocycles. The van der Waals surface area contributed by atoms with Crippen molar-refractivity contribution < 1.29 is 29.0 Å². The van der Waals surface area contributed by atoms with E-state index in [-0.39, 0.29) is 36.8 Å². The molecule has 0 aromatic heterocycles. The number of likely N-dealkylation sites (tertiary alicyclic amines) is 1. The van der Waals surface area contributed by atoms with E-state index < -0.39 is 35.1 Å². The molecule has 242 valence electrons. The summed E-state index contributed by atoms with van der Waals surface area (Å²) in [5.41, 5.74) is -1.43. The highest BCUT2D eigenvalue weighted by atomic mass is 16.5. The first kappa shape index (κ1) is 33.7. The standard InChI is InChI=1S/C35H51N3O6/c1-8-12-13-22-36(20-9-2)33(42)30-35-19-18-34(7,44-35)28(29(35)32(41)38(30)27(23-39)24(5)6)31(40)37(21-10-3)25-14-16-26(17-15-25)43-11-4/h9-10,14-17,24,27-30,39H,2-3,8,11-13,18-23H2,1,4-7H3/t27-,28-,29-,30?,34+,35?/m0/s1. The molecule has 3 aliphatic heterocycles. The molecule has 9 nitrogen and oxygen atoms in total. The Labute approximate surface area is 262 Å². The van der Waals surface area contributed by atoms with E-state index in [4.69, 9.17) is 9.47 Å². The Morgan fingerprint density at radius 1 is 1.11 bits per heavy atom. The minimum absolute atomic E-state index is 0.120. The van der Waals surface area contributed by atoms with Crippen LogP contribution in [0.5, 0.6) is 5.75 Å². The summed E-state index contributed by atoms with van der Waals surface area (Å²) in [6, 6.07) is 5.76. The van der Waals surface area contributed by atoms with Gasteiger partial charge in [0.05, 0.1) is 36.7 Å². The van der Waals surface area contributed by atoms with Crippen LogP contribution in [0.1, 0.15) is 66.7 Å². The number of unbranched alkanes of at least 4 members (excludes halogenated alkanes) is 2. The maximum absolute atomic E-state index is 14.7. The smallest absolute Gasteiger partial charge is 0.248 e. The van der Waals surface area contributed by atoms with Crippen LogP contribution in [0.15, 0.2) is 49.6 Å². The second-order valence-electron chi connectivity index (χ2n) is 12.9. The molecule has 2 bridgehead atoms. The molecule has 0 aliphatic carbocycles. The third kappa shape index (κ3) is 5.81. The van der Waals surface area contributed by atoms with E-state index in [2.05, 4.69) is 20.1 Å². The molecule has 44 heavy (non-hydrogen) atoms. The Balaban J connectivity index is 1.79. The number of nitrogens with zero attached hydrogens (tertiary/aromatic N) is 3. The number of carbonyl (C=O) groups is 3. The molecule has 9 heteroatoms. The monoisotopic (exact) mass is 609 g/mol. The molecular weight excluding hydrogens is 558 g/mol. The molecule has 1 aromatic rings. The molecule has 0 saturated carbocycles. The normalized spacial score (nSPS) is 27.8. The summed E-state index contributed by atoms with van der Waals surface area (Å²) in [5.74, 6) is -1.82. The Morgan fingerprint density at radius 2 is 1.80 bits per heavy atom. The number of amides is 3. The minimum Gasteiger partial charge on any atom is -0.494 e. The predicted octanol–water partition coefficient (Wildman–Crippen LogP) is 4.59. The van der Waals surface area contributed by atoms with Crippen molar-refractivity contribution in [2.24, 2.45) is 17.8 Å². The second-order valence-corrected chi connectivity index (χ2v) is 12.9. The van der Waals surface area contributed by atoms with Gasteiger partial charge in [0.1, 0.15) is 17.4 Å². The highest BCUT2D eigenvalue weighted by molar-refractivity contribution is 6.03. The Morgan fingerprint density at radius 3 is 2.36 bits per heavy atom. The van der Waals surface area contributed by atoms with Gasteiger partial charge in [0.25, 0.3) is 0 Å². The van der Waals surface area contributed by atoms with Crippen LogP contribution in [-0.4, -0.2) is 88.8 Å². The van der Waals surface area contributed by atoms with Gasteiger partial charge in [-0.3, -0.25) is 14.4 Å². The number of rotatable bonds is 16. The van der Waals surface area contributed by atoms with Crippen LogP contribution < -0.4 is 9.64 Å². The quantitative estimate of drug-likeness (QED) is 0.218.